The molecule has 0 heterocycles. The first-order chi connectivity index (χ1) is 10.3. The molecule has 2 aromatic carbocycles. The Labute approximate surface area is 132 Å². The molecule has 0 saturated heterocycles. The van der Waals surface area contributed by atoms with Gasteiger partial charge in [0.15, 0.2) is 0 Å². The first-order valence-corrected chi connectivity index (χ1v) is 7.85. The summed E-state index contributed by atoms with van der Waals surface area (Å²) in [5, 5.41) is 4.21. The van der Waals surface area contributed by atoms with Crippen LogP contribution in [-0.2, 0) is 0 Å². The molecule has 0 bridgehead atoms. The molecule has 0 aliphatic rings. The molecule has 0 fully saturated rings. The standard InChI is InChI=1S/C18H23ClN2/c1-3-21(15-9-5-4-6-10-15)14-13-18(20-2)16-11-7-8-12-17(16)19/h4-12,18,20H,3,13-14H2,1-2H3. The number of benzene rings is 2. The van der Waals surface area contributed by atoms with Crippen molar-refractivity contribution in [2.24, 2.45) is 0 Å². The van der Waals surface area contributed by atoms with Crippen molar-refractivity contribution in [1.29, 1.82) is 0 Å². The van der Waals surface area contributed by atoms with Gasteiger partial charge in [-0.15, -0.1) is 0 Å². The second-order valence-electron chi connectivity index (χ2n) is 5.07. The van der Waals surface area contributed by atoms with Crippen LogP contribution in [0.1, 0.15) is 24.9 Å². The van der Waals surface area contributed by atoms with Gasteiger partial charge in [-0.25, -0.2) is 0 Å². The van der Waals surface area contributed by atoms with Crippen molar-refractivity contribution in [3.8, 4) is 0 Å². The van der Waals surface area contributed by atoms with Crippen molar-refractivity contribution in [3.63, 3.8) is 0 Å². The molecular formula is C18H23ClN2. The Balaban J connectivity index is 2.04. The van der Waals surface area contributed by atoms with Gasteiger partial charge in [-0.1, -0.05) is 48.0 Å². The lowest BCUT2D eigenvalue weighted by atomic mass is 10.0. The zero-order valence-corrected chi connectivity index (χ0v) is 13.5. The molecule has 2 nitrogen and oxygen atoms in total. The Kier molecular flexibility index (Phi) is 6.09. The predicted molar refractivity (Wildman–Crippen MR) is 92.2 cm³/mol. The van der Waals surface area contributed by atoms with E-state index in [1.807, 2.05) is 25.2 Å². The molecule has 0 aliphatic carbocycles. The van der Waals surface area contributed by atoms with Crippen molar-refractivity contribution >= 4 is 17.3 Å². The molecule has 21 heavy (non-hydrogen) atoms. The fraction of sp³-hybridized carbons (Fsp3) is 0.333. The molecule has 1 N–H and O–H groups in total. The molecule has 0 aliphatic heterocycles. The summed E-state index contributed by atoms with van der Waals surface area (Å²) in [5.41, 5.74) is 2.44. The molecule has 0 amide bonds. The zero-order chi connectivity index (χ0) is 15.1. The van der Waals surface area contributed by atoms with Gasteiger partial charge in [-0.2, -0.15) is 0 Å². The number of nitrogens with one attached hydrogen (secondary N) is 1. The van der Waals surface area contributed by atoms with Gasteiger partial charge in [0.25, 0.3) is 0 Å². The van der Waals surface area contributed by atoms with E-state index in [0.717, 1.165) is 24.5 Å². The largest absolute Gasteiger partial charge is 0.372 e. The molecule has 2 aromatic rings. The Bertz CT molecular complexity index is 542. The fourth-order valence-corrected chi connectivity index (χ4v) is 2.87. The van der Waals surface area contributed by atoms with Gasteiger partial charge in [0.05, 0.1) is 0 Å². The summed E-state index contributed by atoms with van der Waals surface area (Å²) in [4.78, 5) is 2.39. The van der Waals surface area contributed by atoms with Crippen molar-refractivity contribution in [1.82, 2.24) is 5.32 Å². The van der Waals surface area contributed by atoms with Gasteiger partial charge in [0, 0.05) is 29.8 Å². The van der Waals surface area contributed by atoms with Gasteiger partial charge in [0.1, 0.15) is 0 Å². The molecule has 0 aromatic heterocycles. The van der Waals surface area contributed by atoms with E-state index in [-0.39, 0.29) is 6.04 Å². The zero-order valence-electron chi connectivity index (χ0n) is 12.7. The predicted octanol–water partition coefficient (Wildman–Crippen LogP) is 4.52. The van der Waals surface area contributed by atoms with Gasteiger partial charge in [-0.3, -0.25) is 0 Å². The van der Waals surface area contributed by atoms with Crippen molar-refractivity contribution in [2.45, 2.75) is 19.4 Å². The lowest BCUT2D eigenvalue weighted by Gasteiger charge is -2.26. The third-order valence-electron chi connectivity index (χ3n) is 3.82. The van der Waals surface area contributed by atoms with Crippen LogP contribution in [0.4, 0.5) is 5.69 Å². The lowest BCUT2D eigenvalue weighted by molar-refractivity contribution is 0.544. The molecule has 0 saturated carbocycles. The number of rotatable bonds is 7. The number of nitrogens with zero attached hydrogens (tertiary/aromatic N) is 1. The summed E-state index contributed by atoms with van der Waals surface area (Å²) in [6, 6.07) is 18.9. The fourth-order valence-electron chi connectivity index (χ4n) is 2.61. The van der Waals surface area contributed by atoms with E-state index in [0.29, 0.717) is 0 Å². The van der Waals surface area contributed by atoms with E-state index in [1.165, 1.54) is 11.3 Å². The van der Waals surface area contributed by atoms with Gasteiger partial charge < -0.3 is 10.2 Å². The molecule has 112 valence electrons. The van der Waals surface area contributed by atoms with E-state index < -0.39 is 0 Å². The summed E-state index contributed by atoms with van der Waals surface area (Å²) < 4.78 is 0. The maximum absolute atomic E-state index is 6.31. The van der Waals surface area contributed by atoms with Crippen LogP contribution in [0.15, 0.2) is 54.6 Å². The molecule has 3 heteroatoms. The lowest BCUT2D eigenvalue weighted by Crippen LogP contribution is -2.28. The molecule has 1 unspecified atom stereocenters. The van der Waals surface area contributed by atoms with Crippen LogP contribution < -0.4 is 10.2 Å². The molecule has 0 radical (unpaired) electrons. The Morgan fingerprint density at radius 2 is 1.71 bits per heavy atom. The Morgan fingerprint density at radius 1 is 1.05 bits per heavy atom. The van der Waals surface area contributed by atoms with Gasteiger partial charge >= 0.3 is 0 Å². The topological polar surface area (TPSA) is 15.3 Å². The summed E-state index contributed by atoms with van der Waals surface area (Å²) in [6.07, 6.45) is 1.02. The Hall–Kier alpha value is -1.51. The second-order valence-corrected chi connectivity index (χ2v) is 5.47. The van der Waals surface area contributed by atoms with E-state index in [4.69, 9.17) is 11.6 Å². The number of anilines is 1. The third kappa shape index (κ3) is 4.23. The van der Waals surface area contributed by atoms with E-state index in [9.17, 15) is 0 Å². The third-order valence-corrected chi connectivity index (χ3v) is 4.16. The highest BCUT2D eigenvalue weighted by atomic mass is 35.5. The number of hydrogen-bond donors (Lipinski definition) is 1. The average Bonchev–Trinajstić information content (AvgIpc) is 2.54. The number of halogens is 1. The monoisotopic (exact) mass is 302 g/mol. The van der Waals surface area contributed by atoms with E-state index in [2.05, 4.69) is 53.5 Å². The van der Waals surface area contributed by atoms with Crippen LogP contribution in [-0.4, -0.2) is 20.1 Å². The van der Waals surface area contributed by atoms with Crippen molar-refractivity contribution < 1.29 is 0 Å². The smallest absolute Gasteiger partial charge is 0.0453 e. The quantitative estimate of drug-likeness (QED) is 0.809. The highest BCUT2D eigenvalue weighted by molar-refractivity contribution is 6.31. The van der Waals surface area contributed by atoms with E-state index >= 15 is 0 Å². The maximum Gasteiger partial charge on any atom is 0.0453 e. The molecular weight excluding hydrogens is 280 g/mol. The minimum absolute atomic E-state index is 0.275. The number of para-hydroxylation sites is 1. The normalized spacial score (nSPS) is 12.1. The van der Waals surface area contributed by atoms with Crippen LogP contribution in [0.5, 0.6) is 0 Å². The molecule has 2 rings (SSSR count). The SMILES string of the molecule is CCN(CCC(NC)c1ccccc1Cl)c1ccccc1. The average molecular weight is 303 g/mol. The highest BCUT2D eigenvalue weighted by Gasteiger charge is 2.14. The molecule has 1 atom stereocenters. The summed E-state index contributed by atoms with van der Waals surface area (Å²) in [5.74, 6) is 0. The second kappa shape index (κ2) is 8.06. The first kappa shape index (κ1) is 15.9. The minimum Gasteiger partial charge on any atom is -0.372 e. The van der Waals surface area contributed by atoms with Crippen LogP contribution in [0.25, 0.3) is 0 Å². The summed E-state index contributed by atoms with van der Waals surface area (Å²) in [7, 11) is 1.99. The number of hydrogen-bond acceptors (Lipinski definition) is 2. The van der Waals surface area contributed by atoms with Gasteiger partial charge in [0.2, 0.25) is 0 Å². The minimum atomic E-state index is 0.275. The first-order valence-electron chi connectivity index (χ1n) is 7.48. The Morgan fingerprint density at radius 3 is 2.33 bits per heavy atom. The van der Waals surface area contributed by atoms with Crippen LogP contribution in [0, 0.1) is 0 Å². The van der Waals surface area contributed by atoms with Crippen molar-refractivity contribution in [2.75, 3.05) is 25.0 Å². The van der Waals surface area contributed by atoms with Crippen LogP contribution >= 0.6 is 11.6 Å². The van der Waals surface area contributed by atoms with E-state index in [1.54, 1.807) is 0 Å². The maximum atomic E-state index is 6.31. The highest BCUT2D eigenvalue weighted by Crippen LogP contribution is 2.25. The summed E-state index contributed by atoms with van der Waals surface area (Å²) >= 11 is 6.31. The summed E-state index contributed by atoms with van der Waals surface area (Å²) in [6.45, 7) is 4.19. The van der Waals surface area contributed by atoms with Crippen LogP contribution in [0.3, 0.4) is 0 Å². The van der Waals surface area contributed by atoms with Crippen LogP contribution in [0.2, 0.25) is 5.02 Å². The molecule has 0 spiro atoms. The van der Waals surface area contributed by atoms with Gasteiger partial charge in [-0.05, 0) is 44.2 Å². The van der Waals surface area contributed by atoms with Crippen molar-refractivity contribution in [3.05, 3.63) is 65.2 Å².